The van der Waals surface area contributed by atoms with Crippen LogP contribution < -0.4 is 5.32 Å². The third kappa shape index (κ3) is 5.28. The Kier molecular flexibility index (Phi) is 5.27. The lowest BCUT2D eigenvalue weighted by molar-refractivity contribution is -0.321. The van der Waals surface area contributed by atoms with Crippen molar-refractivity contribution in [3.05, 3.63) is 29.8 Å². The van der Waals surface area contributed by atoms with E-state index < -0.39 is 25.1 Å². The molecule has 0 spiro atoms. The van der Waals surface area contributed by atoms with Crippen molar-refractivity contribution in [2.75, 3.05) is 18.5 Å². The van der Waals surface area contributed by atoms with Gasteiger partial charge in [-0.25, -0.2) is 0 Å². The predicted molar refractivity (Wildman–Crippen MR) is 61.5 cm³/mol. The van der Waals surface area contributed by atoms with Gasteiger partial charge < -0.3 is 10.1 Å². The molecular formula is C12H13F6NO. The molecule has 0 saturated carbocycles. The summed E-state index contributed by atoms with van der Waals surface area (Å²) < 4.78 is 76.8. The quantitative estimate of drug-likeness (QED) is 0.657. The lowest BCUT2D eigenvalue weighted by Crippen LogP contribution is -2.45. The number of hydrogen-bond donors (Lipinski definition) is 1. The Balaban J connectivity index is 2.44. The average molecular weight is 301 g/mol. The van der Waals surface area contributed by atoms with Crippen LogP contribution in [-0.2, 0) is 4.74 Å². The Morgan fingerprint density at radius 2 is 1.50 bits per heavy atom. The first-order chi connectivity index (χ1) is 9.10. The molecule has 0 unspecified atom stereocenters. The summed E-state index contributed by atoms with van der Waals surface area (Å²) >= 11 is 0. The van der Waals surface area contributed by atoms with Gasteiger partial charge in [-0.1, -0.05) is 17.7 Å². The summed E-state index contributed by atoms with van der Waals surface area (Å²) in [4.78, 5) is 0. The Morgan fingerprint density at radius 3 is 1.95 bits per heavy atom. The summed E-state index contributed by atoms with van der Waals surface area (Å²) in [6, 6.07) is 6.86. The van der Waals surface area contributed by atoms with E-state index in [0.717, 1.165) is 5.56 Å². The number of halogens is 6. The van der Waals surface area contributed by atoms with E-state index in [4.69, 9.17) is 0 Å². The first-order valence-corrected chi connectivity index (χ1v) is 5.66. The van der Waals surface area contributed by atoms with Crippen LogP contribution in [0, 0.1) is 6.92 Å². The largest absolute Gasteiger partial charge is 0.423 e. The molecule has 8 heteroatoms. The zero-order valence-corrected chi connectivity index (χ0v) is 10.5. The van der Waals surface area contributed by atoms with E-state index in [1.807, 2.05) is 6.92 Å². The Hall–Kier alpha value is -1.44. The highest BCUT2D eigenvalue weighted by atomic mass is 19.4. The molecule has 114 valence electrons. The SMILES string of the molecule is Cc1ccc(NCCOC(C(F)(F)F)C(F)(F)F)cc1. The third-order valence-electron chi connectivity index (χ3n) is 2.36. The molecule has 1 rings (SSSR count). The first kappa shape index (κ1) is 16.6. The Labute approximate surface area is 111 Å². The van der Waals surface area contributed by atoms with Crippen LogP contribution in [0.15, 0.2) is 24.3 Å². The van der Waals surface area contributed by atoms with Gasteiger partial charge in [0.2, 0.25) is 6.10 Å². The smallest absolute Gasteiger partial charge is 0.383 e. The summed E-state index contributed by atoms with van der Waals surface area (Å²) in [7, 11) is 0. The van der Waals surface area contributed by atoms with Crippen LogP contribution in [0.2, 0.25) is 0 Å². The van der Waals surface area contributed by atoms with Crippen molar-refractivity contribution in [2.45, 2.75) is 25.4 Å². The first-order valence-electron chi connectivity index (χ1n) is 5.66. The summed E-state index contributed by atoms with van der Waals surface area (Å²) in [5.41, 5.74) is 1.58. The minimum atomic E-state index is -5.47. The van der Waals surface area contributed by atoms with Gasteiger partial charge in [-0.15, -0.1) is 0 Å². The number of ether oxygens (including phenoxy) is 1. The number of anilines is 1. The molecule has 0 fully saturated rings. The van der Waals surface area contributed by atoms with Crippen LogP contribution >= 0.6 is 0 Å². The van der Waals surface area contributed by atoms with Gasteiger partial charge in [0.1, 0.15) is 0 Å². The van der Waals surface area contributed by atoms with Crippen molar-refractivity contribution >= 4 is 5.69 Å². The zero-order chi connectivity index (χ0) is 15.4. The molecule has 20 heavy (non-hydrogen) atoms. The summed E-state index contributed by atoms with van der Waals surface area (Å²) in [6.45, 7) is 0.980. The molecular weight excluding hydrogens is 288 g/mol. The van der Waals surface area contributed by atoms with Gasteiger partial charge in [-0.3, -0.25) is 0 Å². The van der Waals surface area contributed by atoms with E-state index in [1.165, 1.54) is 0 Å². The van der Waals surface area contributed by atoms with Crippen molar-refractivity contribution in [3.8, 4) is 0 Å². The Morgan fingerprint density at radius 1 is 1.00 bits per heavy atom. The topological polar surface area (TPSA) is 21.3 Å². The van der Waals surface area contributed by atoms with Gasteiger partial charge in [-0.05, 0) is 19.1 Å². The number of hydrogen-bond acceptors (Lipinski definition) is 2. The van der Waals surface area contributed by atoms with Crippen molar-refractivity contribution in [3.63, 3.8) is 0 Å². The van der Waals surface area contributed by atoms with Crippen molar-refractivity contribution in [1.29, 1.82) is 0 Å². The van der Waals surface area contributed by atoms with Crippen LogP contribution in [-0.4, -0.2) is 31.6 Å². The highest BCUT2D eigenvalue weighted by molar-refractivity contribution is 5.44. The molecule has 0 aliphatic rings. The van der Waals surface area contributed by atoms with E-state index in [2.05, 4.69) is 10.1 Å². The lowest BCUT2D eigenvalue weighted by atomic mass is 10.2. The molecule has 0 heterocycles. The normalized spacial score (nSPS) is 12.8. The summed E-state index contributed by atoms with van der Waals surface area (Å²) in [6.07, 6.45) is -14.7. The number of benzene rings is 1. The van der Waals surface area contributed by atoms with Crippen LogP contribution in [0.1, 0.15) is 5.56 Å². The van der Waals surface area contributed by atoms with Gasteiger partial charge in [0, 0.05) is 12.2 Å². The molecule has 0 aliphatic carbocycles. The predicted octanol–water partition coefficient (Wildman–Crippen LogP) is 3.92. The van der Waals surface area contributed by atoms with Crippen LogP contribution in [0.3, 0.4) is 0 Å². The molecule has 1 aromatic rings. The average Bonchev–Trinajstić information content (AvgIpc) is 2.27. The highest BCUT2D eigenvalue weighted by Crippen LogP contribution is 2.35. The van der Waals surface area contributed by atoms with Gasteiger partial charge in [0.15, 0.2) is 0 Å². The maximum Gasteiger partial charge on any atom is 0.423 e. The maximum atomic E-state index is 12.1. The number of rotatable bonds is 5. The second-order valence-corrected chi connectivity index (χ2v) is 4.13. The van der Waals surface area contributed by atoms with Crippen molar-refractivity contribution in [2.24, 2.45) is 0 Å². The molecule has 0 atom stereocenters. The molecule has 0 radical (unpaired) electrons. The molecule has 0 bridgehead atoms. The van der Waals surface area contributed by atoms with Crippen molar-refractivity contribution < 1.29 is 31.1 Å². The minimum Gasteiger partial charge on any atom is -0.383 e. The monoisotopic (exact) mass is 301 g/mol. The van der Waals surface area contributed by atoms with E-state index in [9.17, 15) is 26.3 Å². The van der Waals surface area contributed by atoms with E-state index in [1.54, 1.807) is 24.3 Å². The molecule has 1 aromatic carbocycles. The van der Waals surface area contributed by atoms with E-state index in [0.29, 0.717) is 5.69 Å². The van der Waals surface area contributed by atoms with Gasteiger partial charge in [0.25, 0.3) is 0 Å². The second kappa shape index (κ2) is 6.34. The van der Waals surface area contributed by atoms with Crippen LogP contribution in [0.5, 0.6) is 0 Å². The van der Waals surface area contributed by atoms with Gasteiger partial charge in [-0.2, -0.15) is 26.3 Å². The van der Waals surface area contributed by atoms with Crippen LogP contribution in [0.25, 0.3) is 0 Å². The zero-order valence-electron chi connectivity index (χ0n) is 10.5. The van der Waals surface area contributed by atoms with E-state index in [-0.39, 0.29) is 6.54 Å². The fraction of sp³-hybridized carbons (Fsp3) is 0.500. The third-order valence-corrected chi connectivity index (χ3v) is 2.36. The van der Waals surface area contributed by atoms with E-state index >= 15 is 0 Å². The maximum absolute atomic E-state index is 12.1. The standard InChI is InChI=1S/C12H13F6NO/c1-8-2-4-9(5-3-8)19-6-7-20-10(11(13,14)15)12(16,17)18/h2-5,10,19H,6-7H2,1H3. The summed E-state index contributed by atoms with van der Waals surface area (Å²) in [5.74, 6) is 0. The molecule has 2 nitrogen and oxygen atoms in total. The van der Waals surface area contributed by atoms with Gasteiger partial charge >= 0.3 is 12.4 Å². The minimum absolute atomic E-state index is 0.161. The lowest BCUT2D eigenvalue weighted by Gasteiger charge is -2.23. The fourth-order valence-electron chi connectivity index (χ4n) is 1.42. The Bertz CT molecular complexity index is 397. The van der Waals surface area contributed by atoms with Crippen LogP contribution in [0.4, 0.5) is 32.0 Å². The molecule has 0 aromatic heterocycles. The molecule has 0 saturated heterocycles. The van der Waals surface area contributed by atoms with Gasteiger partial charge in [0.05, 0.1) is 6.61 Å². The molecule has 0 aliphatic heterocycles. The van der Waals surface area contributed by atoms with Crippen molar-refractivity contribution in [1.82, 2.24) is 0 Å². The number of aryl methyl sites for hydroxylation is 1. The fourth-order valence-corrected chi connectivity index (χ4v) is 1.42. The molecule has 1 N–H and O–H groups in total. The molecule has 0 amide bonds. The second-order valence-electron chi connectivity index (χ2n) is 4.13. The summed E-state index contributed by atoms with van der Waals surface area (Å²) in [5, 5.41) is 2.67. The number of alkyl halides is 6. The number of nitrogens with one attached hydrogen (secondary N) is 1. The highest BCUT2D eigenvalue weighted by Gasteiger charge is 2.57.